The molecule has 0 fully saturated rings. The molecule has 1 aromatic carbocycles. The number of esters is 1. The molecule has 1 N–H and O–H groups in total. The number of nitrogens with one attached hydrogen (secondary N) is 1. The van der Waals surface area contributed by atoms with Gasteiger partial charge in [0, 0.05) is 11.8 Å². The van der Waals surface area contributed by atoms with E-state index in [4.69, 9.17) is 16.0 Å². The van der Waals surface area contributed by atoms with Crippen molar-refractivity contribution in [2.45, 2.75) is 13.2 Å². The Hall–Kier alpha value is -3.07. The molecule has 1 aliphatic rings. The highest BCUT2D eigenvalue weighted by molar-refractivity contribution is 5.87. The highest BCUT2D eigenvalue weighted by Crippen LogP contribution is 2.39. The Morgan fingerprint density at radius 1 is 1.45 bits per heavy atom. The molecule has 0 amide bonds. The van der Waals surface area contributed by atoms with Crippen LogP contribution in [0.15, 0.2) is 36.5 Å². The number of benzene rings is 1. The predicted octanol–water partition coefficient (Wildman–Crippen LogP) is 3.31. The molecule has 110 valence electrons. The average molecular weight is 295 g/mol. The van der Waals surface area contributed by atoms with Crippen molar-refractivity contribution in [1.29, 1.82) is 0 Å². The number of hydrogen-bond donors (Lipinski definition) is 1. The Bertz CT molecular complexity index is 767. The number of aromatic nitrogens is 1. The summed E-state index contributed by atoms with van der Waals surface area (Å²) >= 11 is 0. The van der Waals surface area contributed by atoms with Gasteiger partial charge >= 0.3 is 5.97 Å². The lowest BCUT2D eigenvalue weighted by Crippen LogP contribution is -2.13. The van der Waals surface area contributed by atoms with Crippen LogP contribution in [0.4, 0.5) is 11.4 Å². The average Bonchev–Trinajstić information content (AvgIpc) is 2.98. The van der Waals surface area contributed by atoms with Crippen LogP contribution in [0, 0.1) is 6.57 Å². The molecule has 6 heteroatoms. The van der Waals surface area contributed by atoms with E-state index in [1.807, 2.05) is 0 Å². The molecule has 1 unspecified atom stereocenters. The van der Waals surface area contributed by atoms with E-state index in [1.165, 1.54) is 0 Å². The van der Waals surface area contributed by atoms with E-state index in [2.05, 4.69) is 15.1 Å². The number of anilines is 1. The van der Waals surface area contributed by atoms with Crippen LogP contribution in [0.2, 0.25) is 0 Å². The van der Waals surface area contributed by atoms with Gasteiger partial charge in [0.25, 0.3) is 0 Å². The fourth-order valence-corrected chi connectivity index (χ4v) is 2.18. The third kappa shape index (κ3) is 2.56. The van der Waals surface area contributed by atoms with Crippen molar-refractivity contribution in [2.24, 2.45) is 0 Å². The maximum absolute atomic E-state index is 11.7. The first kappa shape index (κ1) is 13.9. The Morgan fingerprint density at radius 2 is 2.32 bits per heavy atom. The second kappa shape index (κ2) is 5.74. The summed E-state index contributed by atoms with van der Waals surface area (Å²) in [6.45, 7) is 9.08. The van der Waals surface area contributed by atoms with Crippen LogP contribution in [0.1, 0.15) is 29.2 Å². The van der Waals surface area contributed by atoms with Crippen molar-refractivity contribution in [3.63, 3.8) is 0 Å². The first-order valence-corrected chi connectivity index (χ1v) is 6.79. The zero-order chi connectivity index (χ0) is 15.5. The van der Waals surface area contributed by atoms with Crippen molar-refractivity contribution in [2.75, 3.05) is 11.9 Å². The molecular formula is C16H13N3O3. The number of rotatable bonds is 3. The highest BCUT2D eigenvalue weighted by Gasteiger charge is 2.24. The monoisotopic (exact) mass is 295 g/mol. The minimum atomic E-state index is -0.463. The van der Waals surface area contributed by atoms with E-state index in [9.17, 15) is 4.79 Å². The molecule has 1 aliphatic heterocycles. The van der Waals surface area contributed by atoms with E-state index in [0.717, 1.165) is 11.3 Å². The normalized spacial score (nSPS) is 15.2. The van der Waals surface area contributed by atoms with Gasteiger partial charge in [0.15, 0.2) is 11.9 Å². The molecule has 3 rings (SSSR count). The van der Waals surface area contributed by atoms with Crippen molar-refractivity contribution >= 4 is 17.3 Å². The predicted molar refractivity (Wildman–Crippen MR) is 79.9 cm³/mol. The van der Waals surface area contributed by atoms with Crippen LogP contribution < -0.4 is 10.1 Å². The summed E-state index contributed by atoms with van der Waals surface area (Å²) in [7, 11) is 0. The Balaban J connectivity index is 1.83. The summed E-state index contributed by atoms with van der Waals surface area (Å²) in [6.07, 6.45) is 1.12. The van der Waals surface area contributed by atoms with Crippen molar-refractivity contribution in [3.8, 4) is 5.75 Å². The summed E-state index contributed by atoms with van der Waals surface area (Å²) in [5.41, 5.74) is 2.30. The van der Waals surface area contributed by atoms with Gasteiger partial charge in [0.2, 0.25) is 0 Å². The Labute approximate surface area is 127 Å². The number of nitrogens with zero attached hydrogens (tertiary/aromatic N) is 2. The van der Waals surface area contributed by atoms with Crippen LogP contribution in [-0.4, -0.2) is 17.6 Å². The zero-order valence-electron chi connectivity index (χ0n) is 11.9. The lowest BCUT2D eigenvalue weighted by Gasteiger charge is -2.12. The lowest BCUT2D eigenvalue weighted by molar-refractivity contribution is 0.0519. The van der Waals surface area contributed by atoms with Crippen LogP contribution in [0.3, 0.4) is 0 Å². The summed E-state index contributed by atoms with van der Waals surface area (Å²) in [5.74, 6) is 0.210. The Kier molecular flexibility index (Phi) is 3.62. The van der Waals surface area contributed by atoms with Gasteiger partial charge in [0.1, 0.15) is 11.4 Å². The molecule has 0 bridgehead atoms. The largest absolute Gasteiger partial charge is 0.464 e. The van der Waals surface area contributed by atoms with Gasteiger partial charge in [-0.05, 0) is 31.2 Å². The molecule has 2 aromatic rings. The molecule has 0 radical (unpaired) electrons. The minimum absolute atomic E-state index is 0.238. The smallest absolute Gasteiger partial charge is 0.356 e. The molecule has 2 heterocycles. The molecule has 0 saturated carbocycles. The molecule has 0 spiro atoms. The summed E-state index contributed by atoms with van der Waals surface area (Å²) in [4.78, 5) is 19.1. The second-order valence-corrected chi connectivity index (χ2v) is 4.63. The van der Waals surface area contributed by atoms with E-state index in [1.54, 1.807) is 43.5 Å². The molecular weight excluding hydrogens is 282 g/mol. The van der Waals surface area contributed by atoms with Gasteiger partial charge in [-0.1, -0.05) is 6.07 Å². The van der Waals surface area contributed by atoms with Crippen molar-refractivity contribution in [3.05, 3.63) is 59.2 Å². The number of ether oxygens (including phenoxy) is 2. The standard InChI is InChI=1S/C16H13N3O3/c1-3-21-16(20)13-8-10(6-7-18-13)15-19-12-9-11(17-2)4-5-14(12)22-15/h4-9,15,19H,3H2,1H3. The van der Waals surface area contributed by atoms with Crippen LogP contribution in [0.25, 0.3) is 4.85 Å². The van der Waals surface area contributed by atoms with Crippen LogP contribution >= 0.6 is 0 Å². The van der Waals surface area contributed by atoms with Gasteiger partial charge in [-0.3, -0.25) is 0 Å². The van der Waals surface area contributed by atoms with Crippen LogP contribution in [0.5, 0.6) is 5.75 Å². The number of pyridine rings is 1. The maximum atomic E-state index is 11.7. The van der Waals surface area contributed by atoms with Gasteiger partial charge in [0.05, 0.1) is 18.9 Å². The SMILES string of the molecule is [C-]#[N+]c1ccc2c(c1)NC(c1ccnc(C(=O)OCC)c1)O2. The summed E-state index contributed by atoms with van der Waals surface area (Å²) in [6, 6.07) is 8.59. The third-order valence-electron chi connectivity index (χ3n) is 3.19. The number of carbonyl (C=O) groups is 1. The fourth-order valence-electron chi connectivity index (χ4n) is 2.18. The maximum Gasteiger partial charge on any atom is 0.356 e. The molecule has 0 aliphatic carbocycles. The lowest BCUT2D eigenvalue weighted by atomic mass is 10.2. The number of fused-ring (bicyclic) bond motifs is 1. The van der Waals surface area contributed by atoms with Gasteiger partial charge in [-0.25, -0.2) is 14.6 Å². The van der Waals surface area contributed by atoms with Gasteiger partial charge in [-0.15, -0.1) is 0 Å². The van der Waals surface area contributed by atoms with E-state index < -0.39 is 12.2 Å². The third-order valence-corrected chi connectivity index (χ3v) is 3.19. The second-order valence-electron chi connectivity index (χ2n) is 4.63. The van der Waals surface area contributed by atoms with Crippen LogP contribution in [-0.2, 0) is 4.74 Å². The Morgan fingerprint density at radius 3 is 3.09 bits per heavy atom. The molecule has 1 atom stereocenters. The minimum Gasteiger partial charge on any atom is -0.464 e. The first-order valence-electron chi connectivity index (χ1n) is 6.79. The molecule has 22 heavy (non-hydrogen) atoms. The molecule has 1 aromatic heterocycles. The number of hydrogen-bond acceptors (Lipinski definition) is 5. The zero-order valence-corrected chi connectivity index (χ0v) is 11.9. The molecule has 0 saturated heterocycles. The summed E-state index contributed by atoms with van der Waals surface area (Å²) < 4.78 is 10.7. The first-order chi connectivity index (χ1) is 10.7. The quantitative estimate of drug-likeness (QED) is 0.695. The van der Waals surface area contributed by atoms with E-state index in [-0.39, 0.29) is 5.69 Å². The topological polar surface area (TPSA) is 64.8 Å². The van der Waals surface area contributed by atoms with Gasteiger partial charge < -0.3 is 14.8 Å². The summed E-state index contributed by atoms with van der Waals surface area (Å²) in [5, 5.41) is 3.18. The van der Waals surface area contributed by atoms with Gasteiger partial charge in [-0.2, -0.15) is 0 Å². The van der Waals surface area contributed by atoms with Crippen molar-refractivity contribution in [1.82, 2.24) is 4.98 Å². The van der Waals surface area contributed by atoms with E-state index in [0.29, 0.717) is 18.0 Å². The van der Waals surface area contributed by atoms with E-state index >= 15 is 0 Å². The molecule has 6 nitrogen and oxygen atoms in total. The fraction of sp³-hybridized carbons (Fsp3) is 0.188. The number of carbonyl (C=O) groups excluding carboxylic acids is 1. The van der Waals surface area contributed by atoms with Crippen molar-refractivity contribution < 1.29 is 14.3 Å². The highest BCUT2D eigenvalue weighted by atomic mass is 16.5.